The van der Waals surface area contributed by atoms with Crippen molar-refractivity contribution < 1.29 is 23.7 Å². The third-order valence-electron chi connectivity index (χ3n) is 1.91. The molecule has 0 saturated heterocycles. The molecule has 5 nitrogen and oxygen atoms in total. The molecule has 1 rings (SSSR count). The van der Waals surface area contributed by atoms with Crippen LogP contribution in [-0.4, -0.2) is 40.4 Å². The van der Waals surface area contributed by atoms with Gasteiger partial charge in [-0.25, -0.2) is 0 Å². The molecule has 0 aromatic heterocycles. The highest BCUT2D eigenvalue weighted by atomic mass is 17.0. The van der Waals surface area contributed by atoms with E-state index in [1.54, 1.807) is 12.2 Å². The summed E-state index contributed by atoms with van der Waals surface area (Å²) >= 11 is 0. The second-order valence-corrected chi connectivity index (χ2v) is 2.46. The minimum atomic E-state index is -1.22. The molecule has 76 valence electrons. The Kier molecular flexibility index (Phi) is 3.05. The highest BCUT2D eigenvalue weighted by Gasteiger charge is 2.47. The summed E-state index contributed by atoms with van der Waals surface area (Å²) in [6.07, 6.45) is 3.17. The van der Waals surface area contributed by atoms with E-state index in [1.165, 1.54) is 28.4 Å². The highest BCUT2D eigenvalue weighted by molar-refractivity contribution is 5.04. The van der Waals surface area contributed by atoms with Crippen LogP contribution >= 0.6 is 0 Å². The molecule has 1 heterocycles. The first-order valence-electron chi connectivity index (χ1n) is 3.77. The first kappa shape index (κ1) is 10.6. The van der Waals surface area contributed by atoms with Crippen molar-refractivity contribution in [1.29, 1.82) is 0 Å². The third kappa shape index (κ3) is 1.74. The lowest BCUT2D eigenvalue weighted by Gasteiger charge is -2.30. The Morgan fingerprint density at radius 1 is 0.769 bits per heavy atom. The largest absolute Gasteiger partial charge is 0.327 e. The first-order chi connectivity index (χ1) is 6.16. The monoisotopic (exact) mass is 190 g/mol. The maximum absolute atomic E-state index is 5.33. The molecule has 0 fully saturated rings. The Bertz CT molecular complexity index is 173. The van der Waals surface area contributed by atoms with Crippen LogP contribution in [0.4, 0.5) is 0 Å². The zero-order valence-electron chi connectivity index (χ0n) is 8.20. The summed E-state index contributed by atoms with van der Waals surface area (Å²) in [5, 5.41) is 0. The third-order valence-corrected chi connectivity index (χ3v) is 1.91. The molecule has 1 aliphatic heterocycles. The van der Waals surface area contributed by atoms with Gasteiger partial charge in [-0.05, 0) is 0 Å². The minimum absolute atomic E-state index is 1.22. The van der Waals surface area contributed by atoms with Crippen molar-refractivity contribution in [2.24, 2.45) is 0 Å². The lowest BCUT2D eigenvalue weighted by molar-refractivity contribution is -0.440. The lowest BCUT2D eigenvalue weighted by atomic mass is 10.4. The molecule has 0 radical (unpaired) electrons. The lowest BCUT2D eigenvalue weighted by Crippen LogP contribution is -2.42. The van der Waals surface area contributed by atoms with Crippen LogP contribution in [0.5, 0.6) is 0 Å². The number of hydrogen-bond acceptors (Lipinski definition) is 5. The van der Waals surface area contributed by atoms with Crippen LogP contribution in [0.3, 0.4) is 0 Å². The van der Waals surface area contributed by atoms with Crippen molar-refractivity contribution in [2.75, 3.05) is 28.4 Å². The number of hydrogen-bond donors (Lipinski definition) is 0. The van der Waals surface area contributed by atoms with Gasteiger partial charge in [0.15, 0.2) is 0 Å². The van der Waals surface area contributed by atoms with E-state index < -0.39 is 11.9 Å². The maximum Gasteiger partial charge on any atom is 0.308 e. The van der Waals surface area contributed by atoms with E-state index in [0.717, 1.165) is 0 Å². The Labute approximate surface area is 77.2 Å². The Hall–Kier alpha value is -0.460. The topological polar surface area (TPSA) is 46.2 Å². The van der Waals surface area contributed by atoms with Gasteiger partial charge in [0, 0.05) is 40.6 Å². The second-order valence-electron chi connectivity index (χ2n) is 2.46. The molecule has 0 amide bonds. The Balaban J connectivity index is 2.77. The first-order valence-corrected chi connectivity index (χ1v) is 3.77. The van der Waals surface area contributed by atoms with E-state index in [-0.39, 0.29) is 0 Å². The van der Waals surface area contributed by atoms with Crippen molar-refractivity contribution in [3.8, 4) is 0 Å². The molecule has 0 aromatic carbocycles. The van der Waals surface area contributed by atoms with Crippen molar-refractivity contribution in [2.45, 2.75) is 11.9 Å². The molecule has 1 aliphatic rings. The summed E-state index contributed by atoms with van der Waals surface area (Å²) in [4.78, 5) is 0. The van der Waals surface area contributed by atoms with Crippen LogP contribution in [0.15, 0.2) is 12.2 Å². The summed E-state index contributed by atoms with van der Waals surface area (Å²) in [5.41, 5.74) is 0. The van der Waals surface area contributed by atoms with Gasteiger partial charge in [-0.1, -0.05) is 0 Å². The van der Waals surface area contributed by atoms with Crippen molar-refractivity contribution in [3.63, 3.8) is 0 Å². The normalized spacial score (nSPS) is 23.7. The van der Waals surface area contributed by atoms with Gasteiger partial charge in [0.05, 0.1) is 0 Å². The summed E-state index contributed by atoms with van der Waals surface area (Å²) in [5.74, 6) is -2.43. The van der Waals surface area contributed by atoms with Gasteiger partial charge in [-0.15, -0.1) is 0 Å². The molecule has 0 saturated carbocycles. The van der Waals surface area contributed by atoms with E-state index in [1.807, 2.05) is 0 Å². The van der Waals surface area contributed by atoms with Gasteiger partial charge in [0.2, 0.25) is 0 Å². The average molecular weight is 190 g/mol. The van der Waals surface area contributed by atoms with E-state index in [9.17, 15) is 0 Å². The van der Waals surface area contributed by atoms with E-state index in [4.69, 9.17) is 23.7 Å². The van der Waals surface area contributed by atoms with Crippen LogP contribution in [0.25, 0.3) is 0 Å². The minimum Gasteiger partial charge on any atom is -0.327 e. The zero-order valence-corrected chi connectivity index (χ0v) is 8.20. The van der Waals surface area contributed by atoms with Crippen molar-refractivity contribution >= 4 is 0 Å². The predicted molar refractivity (Wildman–Crippen MR) is 43.7 cm³/mol. The van der Waals surface area contributed by atoms with Crippen LogP contribution in [-0.2, 0) is 23.7 Å². The SMILES string of the molecule is COC1(OC)C=CC(OC)(OC)O1. The smallest absolute Gasteiger partial charge is 0.308 e. The van der Waals surface area contributed by atoms with Gasteiger partial charge in [0.25, 0.3) is 0 Å². The van der Waals surface area contributed by atoms with Crippen LogP contribution in [0.1, 0.15) is 0 Å². The molecule has 0 N–H and O–H groups in total. The summed E-state index contributed by atoms with van der Waals surface area (Å²) in [6, 6.07) is 0. The van der Waals surface area contributed by atoms with Crippen LogP contribution < -0.4 is 0 Å². The Morgan fingerprint density at radius 3 is 1.23 bits per heavy atom. The van der Waals surface area contributed by atoms with E-state index in [0.29, 0.717) is 0 Å². The quantitative estimate of drug-likeness (QED) is 0.476. The fraction of sp³-hybridized carbons (Fsp3) is 0.750. The van der Waals surface area contributed by atoms with E-state index in [2.05, 4.69) is 0 Å². The zero-order chi connectivity index (χ0) is 9.95. The molecule has 5 heteroatoms. The fourth-order valence-corrected chi connectivity index (χ4v) is 1.08. The fourth-order valence-electron chi connectivity index (χ4n) is 1.08. The molecule has 0 spiro atoms. The van der Waals surface area contributed by atoms with Gasteiger partial charge in [-0.2, -0.15) is 0 Å². The molecule has 0 atom stereocenters. The average Bonchev–Trinajstić information content (AvgIpc) is 2.59. The molecule has 0 aliphatic carbocycles. The van der Waals surface area contributed by atoms with Gasteiger partial charge in [0.1, 0.15) is 0 Å². The molecule has 0 aromatic rings. The standard InChI is InChI=1S/C8H14O5/c1-9-7(10-2)5-6-8(11-3,12-4)13-7/h5-6H,1-4H3. The van der Waals surface area contributed by atoms with Crippen molar-refractivity contribution in [3.05, 3.63) is 12.2 Å². The summed E-state index contributed by atoms with van der Waals surface area (Å²) in [6.45, 7) is 0. The van der Waals surface area contributed by atoms with Crippen LogP contribution in [0, 0.1) is 0 Å². The number of ether oxygens (including phenoxy) is 5. The maximum atomic E-state index is 5.33. The Morgan fingerprint density at radius 2 is 1.08 bits per heavy atom. The van der Waals surface area contributed by atoms with Crippen molar-refractivity contribution in [1.82, 2.24) is 0 Å². The molecule has 0 unspecified atom stereocenters. The number of methoxy groups -OCH3 is 4. The summed E-state index contributed by atoms with van der Waals surface area (Å²) in [7, 11) is 5.87. The second kappa shape index (κ2) is 3.73. The predicted octanol–water partition coefficient (Wildman–Crippen LogP) is 0.466. The molecule has 0 bridgehead atoms. The number of rotatable bonds is 4. The van der Waals surface area contributed by atoms with Gasteiger partial charge in [-0.3, -0.25) is 4.74 Å². The molecular weight excluding hydrogens is 176 g/mol. The van der Waals surface area contributed by atoms with Gasteiger partial charge < -0.3 is 18.9 Å². The summed E-state index contributed by atoms with van der Waals surface area (Å²) < 4.78 is 25.4. The highest BCUT2D eigenvalue weighted by Crippen LogP contribution is 2.33. The molecule has 13 heavy (non-hydrogen) atoms. The van der Waals surface area contributed by atoms with Crippen LogP contribution in [0.2, 0.25) is 0 Å². The molecular formula is C8H14O5. The van der Waals surface area contributed by atoms with Gasteiger partial charge >= 0.3 is 11.9 Å². The van der Waals surface area contributed by atoms with E-state index >= 15 is 0 Å².